The highest BCUT2D eigenvalue weighted by molar-refractivity contribution is 5.81. The molecule has 0 radical (unpaired) electrons. The van der Waals surface area contributed by atoms with Crippen LogP contribution in [-0.2, 0) is 6.42 Å². The molecule has 2 atom stereocenters. The second-order valence-corrected chi connectivity index (χ2v) is 10.6. The number of ether oxygens (including phenoxy) is 1. The van der Waals surface area contributed by atoms with Crippen molar-refractivity contribution in [2.75, 3.05) is 32.9 Å². The van der Waals surface area contributed by atoms with E-state index in [2.05, 4.69) is 9.97 Å². The first-order valence-corrected chi connectivity index (χ1v) is 12.5. The molecule has 0 unspecified atom stereocenters. The van der Waals surface area contributed by atoms with Crippen molar-refractivity contribution in [2.24, 2.45) is 0 Å². The first kappa shape index (κ1) is 25.0. The second-order valence-electron chi connectivity index (χ2n) is 10.6. The minimum absolute atomic E-state index is 0.00892. The molecule has 2 aliphatic rings. The van der Waals surface area contributed by atoms with Gasteiger partial charge in [0.05, 0.1) is 23.7 Å². The van der Waals surface area contributed by atoms with Crippen LogP contribution in [0.4, 0.5) is 17.6 Å². The van der Waals surface area contributed by atoms with Gasteiger partial charge < -0.3 is 9.72 Å². The van der Waals surface area contributed by atoms with E-state index in [0.29, 0.717) is 38.2 Å². The molecule has 9 heteroatoms. The van der Waals surface area contributed by atoms with Crippen LogP contribution >= 0.6 is 0 Å². The highest BCUT2D eigenvalue weighted by atomic mass is 19.1. The van der Waals surface area contributed by atoms with Gasteiger partial charge in [-0.2, -0.15) is 0 Å². The predicted molar refractivity (Wildman–Crippen MR) is 131 cm³/mol. The maximum absolute atomic E-state index is 15.7. The van der Waals surface area contributed by atoms with Crippen LogP contribution in [0.15, 0.2) is 30.5 Å². The molecule has 0 saturated carbocycles. The fourth-order valence-electron chi connectivity index (χ4n) is 5.50. The number of benzene rings is 1. The van der Waals surface area contributed by atoms with E-state index in [4.69, 9.17) is 4.74 Å². The van der Waals surface area contributed by atoms with Crippen molar-refractivity contribution < 1.29 is 22.3 Å². The molecule has 1 N–H and O–H groups in total. The van der Waals surface area contributed by atoms with E-state index in [9.17, 15) is 8.78 Å². The number of hydrogen-bond acceptors (Lipinski definition) is 4. The summed E-state index contributed by atoms with van der Waals surface area (Å²) in [6.45, 7) is 6.35. The smallest absolute Gasteiger partial charge is 0.135 e. The van der Waals surface area contributed by atoms with Crippen molar-refractivity contribution in [1.82, 2.24) is 19.8 Å². The zero-order valence-electron chi connectivity index (χ0n) is 20.8. The lowest BCUT2D eigenvalue weighted by Gasteiger charge is -2.43. The van der Waals surface area contributed by atoms with Gasteiger partial charge >= 0.3 is 0 Å². The Bertz CT molecular complexity index is 1210. The van der Waals surface area contributed by atoms with Gasteiger partial charge in [0.1, 0.15) is 29.2 Å². The molecular formula is C27H32F4N4O. The van der Waals surface area contributed by atoms with Crippen molar-refractivity contribution in [2.45, 2.75) is 57.5 Å². The van der Waals surface area contributed by atoms with Crippen molar-refractivity contribution in [3.05, 3.63) is 58.9 Å². The third-order valence-corrected chi connectivity index (χ3v) is 7.08. The summed E-state index contributed by atoms with van der Waals surface area (Å²) >= 11 is 0. The number of halogens is 4. The molecule has 4 heterocycles. The molecule has 0 amide bonds. The number of likely N-dealkylation sites (tertiary alicyclic amines) is 1. The van der Waals surface area contributed by atoms with Crippen LogP contribution in [0.3, 0.4) is 0 Å². The Morgan fingerprint density at radius 2 is 1.92 bits per heavy atom. The average molecular weight is 505 g/mol. The Hall–Kier alpha value is -2.65. The van der Waals surface area contributed by atoms with Gasteiger partial charge in [0.25, 0.3) is 0 Å². The van der Waals surface area contributed by atoms with E-state index >= 15 is 8.78 Å². The van der Waals surface area contributed by atoms with Crippen LogP contribution in [0, 0.1) is 11.6 Å². The van der Waals surface area contributed by atoms with Crippen LogP contribution < -0.4 is 4.74 Å². The van der Waals surface area contributed by atoms with Crippen LogP contribution in [0.1, 0.15) is 50.1 Å². The van der Waals surface area contributed by atoms with Gasteiger partial charge in [-0.25, -0.2) is 13.2 Å². The lowest BCUT2D eigenvalue weighted by atomic mass is 9.88. The molecule has 36 heavy (non-hydrogen) atoms. The quantitative estimate of drug-likeness (QED) is 0.420. The maximum Gasteiger partial charge on any atom is 0.135 e. The highest BCUT2D eigenvalue weighted by Crippen LogP contribution is 2.43. The zero-order valence-corrected chi connectivity index (χ0v) is 20.8. The lowest BCUT2D eigenvalue weighted by molar-refractivity contribution is 0.0179. The van der Waals surface area contributed by atoms with Crippen molar-refractivity contribution >= 4 is 11.0 Å². The number of rotatable bonds is 8. The number of hydrogen-bond donors (Lipinski definition) is 1. The first-order chi connectivity index (χ1) is 17.1. The highest BCUT2D eigenvalue weighted by Gasteiger charge is 2.41. The SMILES string of the molecule is C[C@H]1Cc2c([nH]c3cccnc23)[C@H](c2c(F)cc(OC3CN(CCCF)C3)cc2F)N1CC(C)(C)F. The molecule has 3 aromatic rings. The molecule has 5 nitrogen and oxygen atoms in total. The van der Waals surface area contributed by atoms with E-state index in [-0.39, 0.29) is 36.7 Å². The molecule has 5 rings (SSSR count). The molecule has 1 fully saturated rings. The Balaban J connectivity index is 1.50. The molecule has 0 spiro atoms. The molecule has 194 valence electrons. The Labute approximate surface area is 208 Å². The van der Waals surface area contributed by atoms with Gasteiger partial charge in [-0.3, -0.25) is 19.2 Å². The topological polar surface area (TPSA) is 44.4 Å². The summed E-state index contributed by atoms with van der Waals surface area (Å²) in [6.07, 6.45) is 2.55. The minimum Gasteiger partial charge on any atom is -0.488 e. The Morgan fingerprint density at radius 1 is 1.19 bits per heavy atom. The van der Waals surface area contributed by atoms with Crippen molar-refractivity contribution in [3.63, 3.8) is 0 Å². The van der Waals surface area contributed by atoms with E-state index in [1.165, 1.54) is 26.0 Å². The van der Waals surface area contributed by atoms with Crippen molar-refractivity contribution in [1.29, 1.82) is 0 Å². The molecule has 0 aliphatic carbocycles. The van der Waals surface area contributed by atoms with E-state index in [1.54, 1.807) is 12.3 Å². The van der Waals surface area contributed by atoms with Gasteiger partial charge in [0, 0.05) is 67.4 Å². The molecule has 2 aromatic heterocycles. The number of H-pyrrole nitrogens is 1. The number of alkyl halides is 2. The summed E-state index contributed by atoms with van der Waals surface area (Å²) in [5, 5.41) is 0. The monoisotopic (exact) mass is 504 g/mol. The molecule has 0 bridgehead atoms. The standard InChI is InChI=1S/C27H32F4N4O/c1-16-10-19-24-22(6-4-8-32-24)33-25(19)26(35(16)15-27(2,3)31)23-20(29)11-17(12-21(23)30)36-18-13-34(14-18)9-5-7-28/h4,6,8,11-12,16,18,26,33H,5,7,9-10,13-15H2,1-3H3/t16-,26-/m0/s1. The number of nitrogens with zero attached hydrogens (tertiary/aromatic N) is 3. The van der Waals surface area contributed by atoms with Crippen LogP contribution in [0.5, 0.6) is 5.75 Å². The Kier molecular flexibility index (Phi) is 6.72. The summed E-state index contributed by atoms with van der Waals surface area (Å²) in [7, 11) is 0. The maximum atomic E-state index is 15.7. The summed E-state index contributed by atoms with van der Waals surface area (Å²) in [5.74, 6) is -1.36. The van der Waals surface area contributed by atoms with Crippen molar-refractivity contribution in [3.8, 4) is 5.75 Å². The summed E-state index contributed by atoms with van der Waals surface area (Å²) in [4.78, 5) is 11.7. The van der Waals surface area contributed by atoms with E-state index < -0.39 is 23.3 Å². The number of aromatic amines is 1. The average Bonchev–Trinajstić information content (AvgIpc) is 3.14. The van der Waals surface area contributed by atoms with Crippen LogP contribution in [0.2, 0.25) is 0 Å². The summed E-state index contributed by atoms with van der Waals surface area (Å²) in [6, 6.07) is 5.09. The van der Waals surface area contributed by atoms with Crippen LogP contribution in [-0.4, -0.2) is 70.4 Å². The van der Waals surface area contributed by atoms with Gasteiger partial charge in [0.2, 0.25) is 0 Å². The van der Waals surface area contributed by atoms with Crippen LogP contribution in [0.25, 0.3) is 11.0 Å². The Morgan fingerprint density at radius 3 is 2.58 bits per heavy atom. The number of aromatic nitrogens is 2. The molecule has 2 aliphatic heterocycles. The van der Waals surface area contributed by atoms with E-state index in [1.807, 2.05) is 22.8 Å². The minimum atomic E-state index is -1.57. The largest absolute Gasteiger partial charge is 0.488 e. The van der Waals surface area contributed by atoms with Gasteiger partial charge in [-0.05, 0) is 45.7 Å². The summed E-state index contributed by atoms with van der Waals surface area (Å²) < 4.78 is 64.4. The lowest BCUT2D eigenvalue weighted by Crippen LogP contribution is -2.53. The number of pyridine rings is 1. The predicted octanol–water partition coefficient (Wildman–Crippen LogP) is 5.35. The first-order valence-electron chi connectivity index (χ1n) is 12.5. The zero-order chi connectivity index (χ0) is 25.6. The fraction of sp³-hybridized carbons (Fsp3) is 0.519. The van der Waals surface area contributed by atoms with E-state index in [0.717, 1.165) is 16.6 Å². The normalized spacial score (nSPS) is 21.5. The second kappa shape index (κ2) is 9.67. The number of fused-ring (bicyclic) bond motifs is 3. The van der Waals surface area contributed by atoms with Gasteiger partial charge in [-0.15, -0.1) is 0 Å². The summed E-state index contributed by atoms with van der Waals surface area (Å²) in [5.41, 5.74) is 1.39. The fourth-order valence-corrected chi connectivity index (χ4v) is 5.50. The van der Waals surface area contributed by atoms with Gasteiger partial charge in [0.15, 0.2) is 0 Å². The third-order valence-electron chi connectivity index (χ3n) is 7.08. The third kappa shape index (κ3) is 4.83. The number of nitrogens with one attached hydrogen (secondary N) is 1. The van der Waals surface area contributed by atoms with Gasteiger partial charge in [-0.1, -0.05) is 0 Å². The molecular weight excluding hydrogens is 472 g/mol. The molecule has 1 saturated heterocycles. The molecule has 1 aromatic carbocycles.